The Morgan fingerprint density at radius 1 is 1.12 bits per heavy atom. The van der Waals surface area contributed by atoms with Crippen LogP contribution in [0.3, 0.4) is 0 Å². The maximum atomic E-state index is 12.8. The van der Waals surface area contributed by atoms with Crippen LogP contribution in [0, 0.1) is 10.1 Å². The van der Waals surface area contributed by atoms with E-state index in [1.54, 1.807) is 36.4 Å². The topological polar surface area (TPSA) is 125 Å². The molecule has 1 amide bonds. The van der Waals surface area contributed by atoms with Crippen LogP contribution in [0.1, 0.15) is 10.4 Å². The molecule has 0 fully saturated rings. The number of amides is 1. The van der Waals surface area contributed by atoms with Crippen molar-refractivity contribution in [2.24, 2.45) is 0 Å². The van der Waals surface area contributed by atoms with E-state index >= 15 is 0 Å². The molecule has 0 unspecified atom stereocenters. The fraction of sp³-hybridized carbons (Fsp3) is 0.0455. The van der Waals surface area contributed by atoms with Gasteiger partial charge in [0.2, 0.25) is 0 Å². The molecule has 32 heavy (non-hydrogen) atoms. The Kier molecular flexibility index (Phi) is 5.82. The molecule has 0 aliphatic carbocycles. The van der Waals surface area contributed by atoms with Crippen molar-refractivity contribution < 1.29 is 23.7 Å². The van der Waals surface area contributed by atoms with Crippen LogP contribution >= 0.6 is 11.6 Å². The van der Waals surface area contributed by atoms with Crippen molar-refractivity contribution in [1.29, 1.82) is 0 Å². The maximum Gasteiger partial charge on any atom is 0.339 e. The van der Waals surface area contributed by atoms with Gasteiger partial charge in [-0.1, -0.05) is 29.8 Å². The number of carbonyl (C=O) groups is 2. The van der Waals surface area contributed by atoms with E-state index in [-0.39, 0.29) is 22.0 Å². The second kappa shape index (κ2) is 8.86. The molecule has 4 rings (SSSR count). The molecule has 2 aromatic carbocycles. The predicted molar refractivity (Wildman–Crippen MR) is 116 cm³/mol. The van der Waals surface area contributed by atoms with E-state index in [1.165, 1.54) is 24.5 Å². The van der Waals surface area contributed by atoms with Crippen molar-refractivity contribution in [3.63, 3.8) is 0 Å². The maximum absolute atomic E-state index is 12.8. The van der Waals surface area contributed by atoms with Gasteiger partial charge in [-0.2, -0.15) is 0 Å². The molecule has 0 aliphatic rings. The Hall–Kier alpha value is -4.24. The standard InChI is InChI=1S/C22H14ClN3O6/c23-16-10-13(26(29)30)7-8-18(16)25-21(27)12-32-22(28)15-11-19(20-6-3-9-31-20)24-17-5-2-1-4-14(15)17/h1-11H,12H2,(H,25,27). The summed E-state index contributed by atoms with van der Waals surface area (Å²) in [6, 6.07) is 15.6. The normalized spacial score (nSPS) is 10.7. The lowest BCUT2D eigenvalue weighted by atomic mass is 10.1. The number of furan rings is 1. The molecule has 9 nitrogen and oxygen atoms in total. The number of non-ortho nitro benzene ring substituents is 1. The van der Waals surface area contributed by atoms with Crippen molar-refractivity contribution in [1.82, 2.24) is 4.98 Å². The monoisotopic (exact) mass is 451 g/mol. The number of halogens is 1. The van der Waals surface area contributed by atoms with E-state index in [0.29, 0.717) is 22.4 Å². The summed E-state index contributed by atoms with van der Waals surface area (Å²) in [4.78, 5) is 39.7. The summed E-state index contributed by atoms with van der Waals surface area (Å²) in [5.74, 6) is -0.893. The largest absolute Gasteiger partial charge is 0.463 e. The molecule has 4 aromatic rings. The molecular formula is C22H14ClN3O6. The summed E-state index contributed by atoms with van der Waals surface area (Å²) in [5, 5.41) is 13.8. The molecule has 10 heteroatoms. The molecule has 0 bridgehead atoms. The van der Waals surface area contributed by atoms with Crippen LogP contribution in [0.5, 0.6) is 0 Å². The number of nitrogens with zero attached hydrogens (tertiary/aromatic N) is 2. The van der Waals surface area contributed by atoms with Gasteiger partial charge in [-0.15, -0.1) is 0 Å². The Morgan fingerprint density at radius 3 is 2.66 bits per heavy atom. The number of para-hydroxylation sites is 1. The minimum absolute atomic E-state index is 0.0120. The van der Waals surface area contributed by atoms with E-state index in [9.17, 15) is 19.7 Å². The van der Waals surface area contributed by atoms with Gasteiger partial charge < -0.3 is 14.5 Å². The Balaban J connectivity index is 1.51. The first-order valence-corrected chi connectivity index (χ1v) is 9.65. The zero-order valence-electron chi connectivity index (χ0n) is 16.3. The number of nitro groups is 1. The summed E-state index contributed by atoms with van der Waals surface area (Å²) < 4.78 is 10.6. The number of aromatic nitrogens is 1. The van der Waals surface area contributed by atoms with Crippen LogP contribution in [-0.4, -0.2) is 28.4 Å². The molecule has 0 aliphatic heterocycles. The number of rotatable bonds is 6. The number of ether oxygens (including phenoxy) is 1. The van der Waals surface area contributed by atoms with Crippen molar-refractivity contribution in [2.75, 3.05) is 11.9 Å². The van der Waals surface area contributed by atoms with Gasteiger partial charge in [0.25, 0.3) is 11.6 Å². The third-order valence-electron chi connectivity index (χ3n) is 4.48. The first-order valence-electron chi connectivity index (χ1n) is 9.27. The first-order chi connectivity index (χ1) is 15.4. The zero-order valence-corrected chi connectivity index (χ0v) is 17.0. The van der Waals surface area contributed by atoms with E-state index in [2.05, 4.69) is 10.3 Å². The van der Waals surface area contributed by atoms with Crippen LogP contribution in [-0.2, 0) is 9.53 Å². The Bertz CT molecular complexity index is 1340. The van der Waals surface area contributed by atoms with Crippen LogP contribution in [0.25, 0.3) is 22.4 Å². The predicted octanol–water partition coefficient (Wildman–Crippen LogP) is 4.85. The highest BCUT2D eigenvalue weighted by Gasteiger charge is 2.18. The van der Waals surface area contributed by atoms with Gasteiger partial charge in [0.05, 0.1) is 33.0 Å². The number of nitro benzene ring substituents is 1. The number of benzene rings is 2. The van der Waals surface area contributed by atoms with Crippen molar-refractivity contribution in [2.45, 2.75) is 0 Å². The van der Waals surface area contributed by atoms with Gasteiger partial charge in [-0.25, -0.2) is 9.78 Å². The summed E-state index contributed by atoms with van der Waals surface area (Å²) in [6.07, 6.45) is 1.50. The van der Waals surface area contributed by atoms with Gasteiger partial charge in [0.1, 0.15) is 5.69 Å². The molecule has 2 heterocycles. The molecule has 0 saturated carbocycles. The Morgan fingerprint density at radius 2 is 1.94 bits per heavy atom. The highest BCUT2D eigenvalue weighted by molar-refractivity contribution is 6.34. The van der Waals surface area contributed by atoms with E-state index < -0.39 is 23.4 Å². The highest BCUT2D eigenvalue weighted by atomic mass is 35.5. The fourth-order valence-corrected chi connectivity index (χ4v) is 3.23. The first kappa shape index (κ1) is 21.0. The number of hydrogen-bond acceptors (Lipinski definition) is 7. The minimum Gasteiger partial charge on any atom is -0.463 e. The smallest absolute Gasteiger partial charge is 0.339 e. The van der Waals surface area contributed by atoms with Crippen LogP contribution in [0.4, 0.5) is 11.4 Å². The lowest BCUT2D eigenvalue weighted by Crippen LogP contribution is -2.21. The van der Waals surface area contributed by atoms with Crippen molar-refractivity contribution in [3.05, 3.63) is 87.6 Å². The summed E-state index contributed by atoms with van der Waals surface area (Å²) in [5.41, 5.74) is 1.19. The zero-order chi connectivity index (χ0) is 22.7. The third-order valence-corrected chi connectivity index (χ3v) is 4.79. The lowest BCUT2D eigenvalue weighted by Gasteiger charge is -2.10. The quantitative estimate of drug-likeness (QED) is 0.252. The van der Waals surface area contributed by atoms with Gasteiger partial charge in [0.15, 0.2) is 12.4 Å². The molecule has 2 aromatic heterocycles. The van der Waals surface area contributed by atoms with E-state index in [4.69, 9.17) is 20.8 Å². The van der Waals surface area contributed by atoms with E-state index in [1.807, 2.05) is 0 Å². The summed E-state index contributed by atoms with van der Waals surface area (Å²) in [7, 11) is 0. The number of pyridine rings is 1. The van der Waals surface area contributed by atoms with Gasteiger partial charge in [0, 0.05) is 17.5 Å². The molecule has 1 N–H and O–H groups in total. The number of fused-ring (bicyclic) bond motifs is 1. The molecular weight excluding hydrogens is 438 g/mol. The number of esters is 1. The van der Waals surface area contributed by atoms with Crippen molar-refractivity contribution in [3.8, 4) is 11.5 Å². The van der Waals surface area contributed by atoms with Crippen molar-refractivity contribution >= 4 is 45.8 Å². The van der Waals surface area contributed by atoms with E-state index in [0.717, 1.165) is 6.07 Å². The second-order valence-electron chi connectivity index (χ2n) is 6.60. The van der Waals surface area contributed by atoms with Crippen LogP contribution in [0.15, 0.2) is 71.3 Å². The number of anilines is 1. The fourth-order valence-electron chi connectivity index (χ4n) is 3.01. The third kappa shape index (κ3) is 4.42. The number of nitrogens with one attached hydrogen (secondary N) is 1. The highest BCUT2D eigenvalue weighted by Crippen LogP contribution is 2.27. The average molecular weight is 452 g/mol. The van der Waals surface area contributed by atoms with Gasteiger partial charge in [-0.05, 0) is 30.3 Å². The second-order valence-corrected chi connectivity index (χ2v) is 7.00. The number of hydrogen-bond donors (Lipinski definition) is 1. The van der Waals surface area contributed by atoms with Gasteiger partial charge in [-0.3, -0.25) is 14.9 Å². The molecule has 0 radical (unpaired) electrons. The molecule has 160 valence electrons. The van der Waals surface area contributed by atoms with Crippen LogP contribution in [0.2, 0.25) is 5.02 Å². The SMILES string of the molecule is O=C(COC(=O)c1cc(-c2ccco2)nc2ccccc12)Nc1ccc([N+](=O)[O-])cc1Cl. The Labute approximate surface area is 185 Å². The molecule has 0 atom stereocenters. The number of carbonyl (C=O) groups excluding carboxylic acids is 2. The summed E-state index contributed by atoms with van der Waals surface area (Å²) >= 11 is 5.97. The van der Waals surface area contributed by atoms with Crippen LogP contribution < -0.4 is 5.32 Å². The molecule has 0 spiro atoms. The molecule has 0 saturated heterocycles. The lowest BCUT2D eigenvalue weighted by molar-refractivity contribution is -0.384. The van der Waals surface area contributed by atoms with Gasteiger partial charge >= 0.3 is 5.97 Å². The average Bonchev–Trinajstić information content (AvgIpc) is 3.33. The minimum atomic E-state index is -0.721. The summed E-state index contributed by atoms with van der Waals surface area (Å²) in [6.45, 7) is -0.584.